The number of benzene rings is 1. The molecule has 3 aromatic heterocycles. The third kappa shape index (κ3) is 4.21. The fourth-order valence-corrected chi connectivity index (χ4v) is 4.64. The molecule has 2 atom stereocenters. The van der Waals surface area contributed by atoms with Crippen LogP contribution >= 0.6 is 0 Å². The smallest absolute Gasteiger partial charge is 0.282 e. The van der Waals surface area contributed by atoms with E-state index < -0.39 is 23.8 Å². The lowest BCUT2D eigenvalue weighted by Crippen LogP contribution is -2.20. The van der Waals surface area contributed by atoms with Crippen molar-refractivity contribution in [2.24, 2.45) is 0 Å². The molecule has 0 bridgehead atoms. The molecule has 11 heteroatoms. The van der Waals surface area contributed by atoms with Gasteiger partial charge >= 0.3 is 0 Å². The number of aromatic nitrogens is 6. The van der Waals surface area contributed by atoms with Gasteiger partial charge in [0, 0.05) is 35.9 Å². The first kappa shape index (κ1) is 23.0. The molecular formula is C25H22F4N6O. The van der Waals surface area contributed by atoms with Gasteiger partial charge in [0.1, 0.15) is 34.4 Å². The first-order chi connectivity index (χ1) is 17.4. The molecule has 1 saturated heterocycles. The highest BCUT2D eigenvalue weighted by Gasteiger charge is 2.31. The largest absolute Gasteiger partial charge is 0.373 e. The van der Waals surface area contributed by atoms with E-state index in [0.717, 1.165) is 30.5 Å². The highest BCUT2D eigenvalue weighted by molar-refractivity contribution is 5.87. The molecule has 2 aliphatic rings. The Morgan fingerprint density at radius 3 is 2.64 bits per heavy atom. The maximum Gasteiger partial charge on any atom is 0.282 e. The number of ether oxygens (including phenoxy) is 1. The molecular weight excluding hydrogens is 476 g/mol. The van der Waals surface area contributed by atoms with Gasteiger partial charge in [-0.1, -0.05) is 0 Å². The first-order valence-corrected chi connectivity index (χ1v) is 11.8. The molecule has 2 fully saturated rings. The third-order valence-electron chi connectivity index (χ3n) is 6.72. The summed E-state index contributed by atoms with van der Waals surface area (Å²) in [5, 5.41) is 4.45. The van der Waals surface area contributed by atoms with E-state index in [0.29, 0.717) is 31.3 Å². The van der Waals surface area contributed by atoms with Crippen molar-refractivity contribution < 1.29 is 22.3 Å². The Morgan fingerprint density at radius 1 is 1.06 bits per heavy atom. The summed E-state index contributed by atoms with van der Waals surface area (Å²) >= 11 is 0. The third-order valence-corrected chi connectivity index (χ3v) is 6.72. The Balaban J connectivity index is 1.43. The Bertz CT molecular complexity index is 1450. The van der Waals surface area contributed by atoms with E-state index in [9.17, 15) is 17.6 Å². The van der Waals surface area contributed by atoms with Gasteiger partial charge in [-0.25, -0.2) is 37.5 Å². The van der Waals surface area contributed by atoms with Gasteiger partial charge in [0.2, 0.25) is 0 Å². The molecule has 6 rings (SSSR count). The van der Waals surface area contributed by atoms with Gasteiger partial charge in [0.05, 0.1) is 24.0 Å². The average molecular weight is 498 g/mol. The van der Waals surface area contributed by atoms with Crippen LogP contribution in [0.2, 0.25) is 0 Å². The van der Waals surface area contributed by atoms with Crippen LogP contribution in [0, 0.1) is 18.6 Å². The van der Waals surface area contributed by atoms with Crippen molar-refractivity contribution >= 4 is 11.2 Å². The van der Waals surface area contributed by atoms with Crippen LogP contribution < -0.4 is 0 Å². The Hall–Kier alpha value is -3.47. The van der Waals surface area contributed by atoms with Crippen molar-refractivity contribution in [1.82, 2.24) is 29.7 Å². The normalized spacial score (nSPS) is 20.4. The quantitative estimate of drug-likeness (QED) is 0.325. The molecule has 4 heterocycles. The summed E-state index contributed by atoms with van der Waals surface area (Å²) in [5.74, 6) is -1.40. The van der Waals surface area contributed by atoms with E-state index in [1.165, 1.54) is 13.0 Å². The van der Waals surface area contributed by atoms with Crippen LogP contribution in [-0.4, -0.2) is 36.3 Å². The van der Waals surface area contributed by atoms with Gasteiger partial charge in [0.25, 0.3) is 6.43 Å². The maximum atomic E-state index is 14.8. The Kier molecular flexibility index (Phi) is 5.66. The highest BCUT2D eigenvalue weighted by Crippen LogP contribution is 2.40. The zero-order valence-corrected chi connectivity index (χ0v) is 19.3. The average Bonchev–Trinajstić information content (AvgIpc) is 3.59. The van der Waals surface area contributed by atoms with Crippen molar-refractivity contribution in [3.8, 4) is 11.3 Å². The molecule has 186 valence electrons. The van der Waals surface area contributed by atoms with Crippen molar-refractivity contribution in [2.45, 2.75) is 57.1 Å². The Morgan fingerprint density at radius 2 is 1.89 bits per heavy atom. The molecule has 36 heavy (non-hydrogen) atoms. The summed E-state index contributed by atoms with van der Waals surface area (Å²) in [6, 6.07) is 3.48. The van der Waals surface area contributed by atoms with Crippen LogP contribution in [0.15, 0.2) is 30.6 Å². The number of halogens is 4. The van der Waals surface area contributed by atoms with Crippen LogP contribution in [-0.2, 0) is 4.74 Å². The summed E-state index contributed by atoms with van der Waals surface area (Å²) in [4.78, 5) is 17.5. The summed E-state index contributed by atoms with van der Waals surface area (Å²) in [6.45, 7) is 1.89. The SMILES string of the molecule is Cc1nc2nc([C@H]3CCO[C@@H](c4cnn(C5CC5)c4)C3)nc(-c3ccc(F)cc3F)c2nc1C(F)F. The minimum atomic E-state index is -2.87. The van der Waals surface area contributed by atoms with Crippen molar-refractivity contribution in [1.29, 1.82) is 0 Å². The number of nitrogens with zero attached hydrogens (tertiary/aromatic N) is 6. The van der Waals surface area contributed by atoms with E-state index >= 15 is 0 Å². The second-order valence-corrected chi connectivity index (χ2v) is 9.29. The maximum absolute atomic E-state index is 14.8. The van der Waals surface area contributed by atoms with E-state index in [1.54, 1.807) is 0 Å². The fourth-order valence-electron chi connectivity index (χ4n) is 4.64. The van der Waals surface area contributed by atoms with E-state index in [1.807, 2.05) is 17.1 Å². The zero-order valence-electron chi connectivity index (χ0n) is 19.3. The van der Waals surface area contributed by atoms with E-state index in [4.69, 9.17) is 4.74 Å². The summed E-state index contributed by atoms with van der Waals surface area (Å²) in [6.07, 6.45) is 4.16. The van der Waals surface area contributed by atoms with Crippen molar-refractivity contribution in [3.05, 3.63) is 65.0 Å². The van der Waals surface area contributed by atoms with Crippen molar-refractivity contribution in [2.75, 3.05) is 6.61 Å². The molecule has 1 aliphatic carbocycles. The predicted octanol–water partition coefficient (Wildman–Crippen LogP) is 5.78. The number of fused-ring (bicyclic) bond motifs is 1. The molecule has 0 radical (unpaired) electrons. The summed E-state index contributed by atoms with van der Waals surface area (Å²) in [5.41, 5.74) is 0.454. The number of aryl methyl sites for hydroxylation is 1. The number of hydrogen-bond donors (Lipinski definition) is 0. The van der Waals surface area contributed by atoms with Gasteiger partial charge in [0.15, 0.2) is 5.65 Å². The standard InChI is InChI=1S/C25H22F4N6O/c1-12-20(23(28)29)32-22-21(17-5-2-15(26)9-18(17)27)33-24(34-25(22)31-12)13-6-7-36-19(8-13)14-10-30-35(11-14)16-3-4-16/h2,5,9-11,13,16,19,23H,3-4,6-8H2,1H3/t13-,19+/m0/s1. The topological polar surface area (TPSA) is 78.6 Å². The first-order valence-electron chi connectivity index (χ1n) is 11.8. The second kappa shape index (κ2) is 8.88. The van der Waals surface area contributed by atoms with Gasteiger partial charge in [-0.15, -0.1) is 0 Å². The minimum absolute atomic E-state index is 0.00601. The van der Waals surface area contributed by atoms with Crippen LogP contribution in [0.25, 0.3) is 22.4 Å². The van der Waals surface area contributed by atoms with Gasteiger partial charge in [-0.2, -0.15) is 5.10 Å². The molecule has 1 saturated carbocycles. The number of hydrogen-bond acceptors (Lipinski definition) is 6. The van der Waals surface area contributed by atoms with Crippen molar-refractivity contribution in [3.63, 3.8) is 0 Å². The fraction of sp³-hybridized carbons (Fsp3) is 0.400. The van der Waals surface area contributed by atoms with Gasteiger partial charge < -0.3 is 4.74 Å². The Labute approximate surface area is 203 Å². The van der Waals surface area contributed by atoms with Crippen LogP contribution in [0.3, 0.4) is 0 Å². The lowest BCUT2D eigenvalue weighted by molar-refractivity contribution is 0.00396. The van der Waals surface area contributed by atoms with Crippen LogP contribution in [0.5, 0.6) is 0 Å². The summed E-state index contributed by atoms with van der Waals surface area (Å²) < 4.78 is 63.5. The monoisotopic (exact) mass is 498 g/mol. The van der Waals surface area contributed by atoms with Gasteiger partial charge in [-0.3, -0.25) is 4.68 Å². The zero-order chi connectivity index (χ0) is 25.0. The molecule has 0 spiro atoms. The van der Waals surface area contributed by atoms with Crippen LogP contribution in [0.4, 0.5) is 17.6 Å². The number of alkyl halides is 2. The minimum Gasteiger partial charge on any atom is -0.373 e. The lowest BCUT2D eigenvalue weighted by atomic mass is 9.92. The second-order valence-electron chi connectivity index (χ2n) is 9.29. The molecule has 0 amide bonds. The molecule has 7 nitrogen and oxygen atoms in total. The van der Waals surface area contributed by atoms with Crippen LogP contribution in [0.1, 0.15) is 72.9 Å². The van der Waals surface area contributed by atoms with E-state index in [2.05, 4.69) is 25.0 Å². The molecule has 0 unspecified atom stereocenters. The molecule has 1 aromatic carbocycles. The molecule has 1 aliphatic heterocycles. The lowest BCUT2D eigenvalue weighted by Gasteiger charge is -2.28. The van der Waals surface area contributed by atoms with E-state index in [-0.39, 0.29) is 40.1 Å². The highest BCUT2D eigenvalue weighted by atomic mass is 19.3. The van der Waals surface area contributed by atoms with Gasteiger partial charge in [-0.05, 0) is 44.7 Å². The molecule has 0 N–H and O–H groups in total. The number of rotatable bonds is 5. The summed E-state index contributed by atoms with van der Waals surface area (Å²) in [7, 11) is 0. The predicted molar refractivity (Wildman–Crippen MR) is 121 cm³/mol. The molecule has 4 aromatic rings.